The second-order valence-electron chi connectivity index (χ2n) is 8.58. The highest BCUT2D eigenvalue weighted by Crippen LogP contribution is 2.44. The van der Waals surface area contributed by atoms with E-state index in [1.54, 1.807) is 0 Å². The van der Waals surface area contributed by atoms with E-state index in [4.69, 9.17) is 21.9 Å². The van der Waals surface area contributed by atoms with Crippen LogP contribution in [0.15, 0.2) is 157 Å². The molecule has 0 N–H and O–H groups in total. The largest absolute Gasteiger partial charge is 0.0636 e. The van der Waals surface area contributed by atoms with E-state index in [2.05, 4.69) is 0 Å². The van der Waals surface area contributed by atoms with E-state index in [1.165, 1.54) is 0 Å². The summed E-state index contributed by atoms with van der Waals surface area (Å²) in [4.78, 5) is 0. The van der Waals surface area contributed by atoms with E-state index < -0.39 is 228 Å². The second kappa shape index (κ2) is 9.22. The Balaban J connectivity index is 1.67. The summed E-state index contributed by atoms with van der Waals surface area (Å²) in [5.74, 6) is 0. The van der Waals surface area contributed by atoms with Gasteiger partial charge in [0.25, 0.3) is 0 Å². The van der Waals surface area contributed by atoms with Crippen molar-refractivity contribution in [1.29, 1.82) is 0 Å². The fourth-order valence-corrected chi connectivity index (χ4v) is 4.67. The van der Waals surface area contributed by atoms with Gasteiger partial charge in [0.15, 0.2) is 0 Å². The zero-order chi connectivity index (χ0) is 48.2. The van der Waals surface area contributed by atoms with Gasteiger partial charge < -0.3 is 0 Å². The summed E-state index contributed by atoms with van der Waals surface area (Å²) in [6.07, 6.45) is 0. The maximum atomic E-state index is 9.45. The van der Waals surface area contributed by atoms with Crippen LogP contribution in [0.25, 0.3) is 76.5 Å². The molecule has 0 unspecified atom stereocenters. The van der Waals surface area contributed by atoms with Crippen molar-refractivity contribution in [2.45, 2.75) is 0 Å². The fourth-order valence-electron chi connectivity index (χ4n) is 4.67. The van der Waals surface area contributed by atoms with Gasteiger partial charge in [0.2, 0.25) is 0 Å². The predicted molar refractivity (Wildman–Crippen MR) is 173 cm³/mol. The molecule has 0 aliphatic heterocycles. The molecular weight excluding hydrogens is 480 g/mol. The zero-order valence-corrected chi connectivity index (χ0v) is 20.1. The lowest BCUT2D eigenvalue weighted by Crippen LogP contribution is -1.91. The third-order valence-corrected chi connectivity index (χ3v) is 6.39. The molecule has 186 valence electrons. The first-order chi connectivity index (χ1) is 30.3. The van der Waals surface area contributed by atoms with Crippen LogP contribution in [0.1, 0.15) is 34.3 Å². The Bertz CT molecular complexity index is 3480. The molecule has 0 aliphatic carbocycles. The molecule has 0 fully saturated rings. The van der Waals surface area contributed by atoms with E-state index in [1.807, 2.05) is 0 Å². The molecule has 0 spiro atoms. The lowest BCUT2D eigenvalue weighted by Gasteiger charge is -2.18. The first-order valence-corrected chi connectivity index (χ1v) is 11.8. The minimum Gasteiger partial charge on any atom is -0.0616 e. The smallest absolute Gasteiger partial charge is 0.0616 e. The van der Waals surface area contributed by atoms with Crippen molar-refractivity contribution >= 4 is 43.1 Å². The summed E-state index contributed by atoms with van der Waals surface area (Å²) in [7, 11) is 0. The number of hydrogen-bond acceptors (Lipinski definition) is 0. The Kier molecular flexibility index (Phi) is 2.05. The average molecular weight is 532 g/mol. The van der Waals surface area contributed by atoms with Crippen molar-refractivity contribution < 1.29 is 34.3 Å². The van der Waals surface area contributed by atoms with E-state index in [9.17, 15) is 12.3 Å². The van der Waals surface area contributed by atoms with Gasteiger partial charge in [-0.1, -0.05) is 151 Å². The fraction of sp³-hybridized carbons (Fsp3) is 0. The summed E-state index contributed by atoms with van der Waals surface area (Å²) in [5.41, 5.74) is -3.91. The Morgan fingerprint density at radius 2 is 0.800 bits per heavy atom. The van der Waals surface area contributed by atoms with Crippen LogP contribution in [0.3, 0.4) is 0 Å². The quantitative estimate of drug-likeness (QED) is 0.199. The van der Waals surface area contributed by atoms with Crippen molar-refractivity contribution in [1.82, 2.24) is 0 Å². The molecule has 0 aromatic heterocycles. The standard InChI is InChI=1S/C40H26/c1-2-12-31-26-32(25-20-27(31)10-1)40-37-17-7-5-15-35(37)39(36-16-6-8-18-38(36)40)30-23-21-29(22-24-30)34-19-9-13-28-11-3-4-14-33(28)34/h1-26H/i1D,2D,3D,4D,5D,6D,7D,8D,9D,10D,11D,12D,13D,14D,15D,16D,17D,18D,19D,20D,21D,22D,23D,24D,26D. The molecular formula is C40H26. The average Bonchev–Trinajstić information content (AvgIpc) is 3.27. The minimum atomic E-state index is -1.04. The van der Waals surface area contributed by atoms with Crippen LogP contribution in [0.2, 0.25) is 0 Å². The molecule has 0 nitrogen and oxygen atoms in total. The van der Waals surface area contributed by atoms with Crippen LogP contribution in [-0.4, -0.2) is 0 Å². The van der Waals surface area contributed by atoms with Crippen molar-refractivity contribution in [3.05, 3.63) is 157 Å². The summed E-state index contributed by atoms with van der Waals surface area (Å²) >= 11 is 0. The number of rotatable bonds is 3. The van der Waals surface area contributed by atoms with Gasteiger partial charge in [-0.3, -0.25) is 0 Å². The summed E-state index contributed by atoms with van der Waals surface area (Å²) in [6, 6.07) is -20.6. The maximum Gasteiger partial charge on any atom is 0.0636 e. The molecule has 0 aliphatic rings. The van der Waals surface area contributed by atoms with Gasteiger partial charge >= 0.3 is 0 Å². The van der Waals surface area contributed by atoms with Crippen molar-refractivity contribution in [3.8, 4) is 33.4 Å². The third-order valence-electron chi connectivity index (χ3n) is 6.39. The Labute approximate surface area is 268 Å². The molecule has 8 aromatic carbocycles. The van der Waals surface area contributed by atoms with Gasteiger partial charge in [-0.15, -0.1) is 0 Å². The van der Waals surface area contributed by atoms with Gasteiger partial charge in [-0.25, -0.2) is 0 Å². The van der Waals surface area contributed by atoms with Crippen LogP contribution in [-0.2, 0) is 0 Å². The predicted octanol–water partition coefficient (Wildman–Crippen LogP) is 11.3. The van der Waals surface area contributed by atoms with Crippen molar-refractivity contribution in [2.24, 2.45) is 0 Å². The number of fused-ring (bicyclic) bond motifs is 4. The Morgan fingerprint density at radius 3 is 1.45 bits per heavy atom. The summed E-state index contributed by atoms with van der Waals surface area (Å²) < 4.78 is 221. The monoisotopic (exact) mass is 531 g/mol. The summed E-state index contributed by atoms with van der Waals surface area (Å²) in [5, 5.41) is -4.51. The molecule has 8 aromatic rings. The molecule has 40 heavy (non-hydrogen) atoms. The molecule has 0 amide bonds. The highest BCUT2D eigenvalue weighted by atomic mass is 14.2. The number of hydrogen-bond donors (Lipinski definition) is 0. The molecule has 8 rings (SSSR count). The molecule has 0 radical (unpaired) electrons. The highest BCUT2D eigenvalue weighted by Gasteiger charge is 2.17. The van der Waals surface area contributed by atoms with Crippen LogP contribution in [0.4, 0.5) is 0 Å². The first kappa shape index (κ1) is 8.91. The van der Waals surface area contributed by atoms with Crippen LogP contribution in [0.5, 0.6) is 0 Å². The molecule has 0 heterocycles. The van der Waals surface area contributed by atoms with Crippen molar-refractivity contribution in [3.63, 3.8) is 0 Å². The van der Waals surface area contributed by atoms with Crippen LogP contribution < -0.4 is 0 Å². The van der Waals surface area contributed by atoms with Crippen LogP contribution in [0, 0.1) is 0 Å². The van der Waals surface area contributed by atoms with Gasteiger partial charge in [-0.05, 0) is 82.5 Å². The molecule has 0 heteroatoms. The Hall–Kier alpha value is -5.20. The second-order valence-corrected chi connectivity index (χ2v) is 8.58. The van der Waals surface area contributed by atoms with E-state index >= 15 is 0 Å². The van der Waals surface area contributed by atoms with E-state index in [0.29, 0.717) is 0 Å². The van der Waals surface area contributed by atoms with Gasteiger partial charge in [-0.2, -0.15) is 0 Å². The van der Waals surface area contributed by atoms with Gasteiger partial charge in [0.1, 0.15) is 0 Å². The normalized spacial score (nSPS) is 20.2. The highest BCUT2D eigenvalue weighted by molar-refractivity contribution is 6.21. The molecule has 0 saturated heterocycles. The lowest BCUT2D eigenvalue weighted by atomic mass is 9.85. The first-order valence-electron chi connectivity index (χ1n) is 24.3. The van der Waals surface area contributed by atoms with Crippen LogP contribution >= 0.6 is 0 Å². The lowest BCUT2D eigenvalue weighted by molar-refractivity contribution is 1.63. The van der Waals surface area contributed by atoms with E-state index in [-0.39, 0.29) is 0 Å². The third kappa shape index (κ3) is 3.61. The molecule has 0 saturated carbocycles. The minimum absolute atomic E-state index is 0.392. The molecule has 0 atom stereocenters. The molecule has 0 bridgehead atoms. The zero-order valence-electron chi connectivity index (χ0n) is 45.1. The number of benzene rings is 8. The summed E-state index contributed by atoms with van der Waals surface area (Å²) in [6.45, 7) is 0. The topological polar surface area (TPSA) is 0 Å². The maximum absolute atomic E-state index is 9.45. The SMILES string of the molecule is [2H]c1c([2H])c(-c2c3c([2H])c([2H])c([2H])c([2H])c3c(-c3cc([2H])c4c([2H])c([2H])c([2H])c([2H])c4c3[2H])c3c([2H])c([2H])c([2H])c([2H])c23)c([2H])c([2H])c1-c1c([2H])c([2H])c([2H])c2c([2H])c([2H])c([2H])c([2H])c12. The van der Waals surface area contributed by atoms with E-state index in [0.717, 1.165) is 6.07 Å². The van der Waals surface area contributed by atoms with Gasteiger partial charge in [0.05, 0.1) is 34.3 Å². The Morgan fingerprint density at radius 1 is 0.325 bits per heavy atom. The van der Waals surface area contributed by atoms with Crippen molar-refractivity contribution in [2.75, 3.05) is 0 Å². The van der Waals surface area contributed by atoms with Gasteiger partial charge in [0, 0.05) is 0 Å².